The molecule has 1 unspecified atom stereocenters. The van der Waals surface area contributed by atoms with Gasteiger partial charge in [0.05, 0.1) is 0 Å². The van der Waals surface area contributed by atoms with E-state index in [9.17, 15) is 0 Å². The molecule has 1 aromatic carbocycles. The van der Waals surface area contributed by atoms with Gasteiger partial charge in [-0.15, -0.1) is 0 Å². The fourth-order valence-electron chi connectivity index (χ4n) is 2.91. The maximum absolute atomic E-state index is 5.45. The highest BCUT2D eigenvalue weighted by molar-refractivity contribution is 5.57. The van der Waals surface area contributed by atoms with Crippen LogP contribution in [0.15, 0.2) is 18.2 Å². The normalized spacial score (nSPS) is 26.4. The van der Waals surface area contributed by atoms with Gasteiger partial charge in [0.25, 0.3) is 0 Å². The number of rotatable bonds is 2. The largest absolute Gasteiger partial charge is 0.454 e. The molecule has 1 N–H and O–H groups in total. The number of fused-ring (bicyclic) bond motifs is 1. The monoisotopic (exact) mass is 246 g/mol. The van der Waals surface area contributed by atoms with E-state index >= 15 is 0 Å². The second-order valence-corrected chi connectivity index (χ2v) is 5.38. The van der Waals surface area contributed by atoms with Crippen molar-refractivity contribution in [2.45, 2.75) is 18.9 Å². The van der Waals surface area contributed by atoms with Crippen LogP contribution in [0, 0.1) is 5.92 Å². The van der Waals surface area contributed by atoms with Crippen LogP contribution < -0.4 is 19.7 Å². The van der Waals surface area contributed by atoms with Gasteiger partial charge in [0.1, 0.15) is 0 Å². The summed E-state index contributed by atoms with van der Waals surface area (Å²) in [5.41, 5.74) is 1.26. The number of ether oxygens (including phenoxy) is 2. The van der Waals surface area contributed by atoms with E-state index in [0.29, 0.717) is 12.8 Å². The van der Waals surface area contributed by atoms with E-state index in [-0.39, 0.29) is 0 Å². The first-order valence-corrected chi connectivity index (χ1v) is 6.78. The summed E-state index contributed by atoms with van der Waals surface area (Å²) in [6.07, 6.45) is 2.79. The summed E-state index contributed by atoms with van der Waals surface area (Å²) in [5.74, 6) is 2.66. The summed E-state index contributed by atoms with van der Waals surface area (Å²) < 4.78 is 10.8. The molecule has 0 spiro atoms. The quantitative estimate of drug-likeness (QED) is 0.859. The fraction of sp³-hybridized carbons (Fsp3) is 0.571. The molecule has 0 bridgehead atoms. The highest BCUT2D eigenvalue weighted by Crippen LogP contribution is 2.37. The van der Waals surface area contributed by atoms with Crippen LogP contribution in [-0.4, -0.2) is 32.5 Å². The molecule has 0 radical (unpaired) electrons. The maximum atomic E-state index is 5.45. The zero-order chi connectivity index (χ0) is 11.9. The first-order chi connectivity index (χ1) is 8.90. The number of hydrogen-bond donors (Lipinski definition) is 1. The molecule has 2 fully saturated rings. The molecule has 4 heteroatoms. The van der Waals surface area contributed by atoms with Crippen LogP contribution in [0.25, 0.3) is 0 Å². The molecule has 1 atom stereocenters. The Morgan fingerprint density at radius 1 is 1.17 bits per heavy atom. The summed E-state index contributed by atoms with van der Waals surface area (Å²) in [6, 6.07) is 6.94. The summed E-state index contributed by atoms with van der Waals surface area (Å²) in [5, 5.41) is 3.64. The summed E-state index contributed by atoms with van der Waals surface area (Å²) >= 11 is 0. The molecule has 3 aliphatic rings. The topological polar surface area (TPSA) is 33.7 Å². The molecule has 0 amide bonds. The van der Waals surface area contributed by atoms with Gasteiger partial charge in [0.2, 0.25) is 6.79 Å². The Balaban J connectivity index is 1.54. The number of nitrogens with zero attached hydrogens (tertiary/aromatic N) is 1. The van der Waals surface area contributed by atoms with Crippen molar-refractivity contribution in [3.05, 3.63) is 18.2 Å². The predicted molar refractivity (Wildman–Crippen MR) is 69.3 cm³/mol. The first kappa shape index (κ1) is 10.5. The molecule has 18 heavy (non-hydrogen) atoms. The lowest BCUT2D eigenvalue weighted by Crippen LogP contribution is -2.51. The molecule has 4 rings (SSSR count). The van der Waals surface area contributed by atoms with Crippen molar-refractivity contribution in [1.82, 2.24) is 5.32 Å². The highest BCUT2D eigenvalue weighted by atomic mass is 16.7. The number of anilines is 1. The zero-order valence-electron chi connectivity index (χ0n) is 10.4. The molecule has 1 aliphatic carbocycles. The van der Waals surface area contributed by atoms with Crippen LogP contribution in [0.2, 0.25) is 0 Å². The summed E-state index contributed by atoms with van der Waals surface area (Å²) in [7, 11) is 0. The van der Waals surface area contributed by atoms with Gasteiger partial charge < -0.3 is 19.7 Å². The highest BCUT2D eigenvalue weighted by Gasteiger charge is 2.34. The molecular weight excluding hydrogens is 228 g/mol. The first-order valence-electron chi connectivity index (χ1n) is 6.78. The van der Waals surface area contributed by atoms with Crippen molar-refractivity contribution in [2.24, 2.45) is 5.92 Å². The van der Waals surface area contributed by atoms with Gasteiger partial charge >= 0.3 is 0 Å². The van der Waals surface area contributed by atoms with Crippen molar-refractivity contribution in [1.29, 1.82) is 0 Å². The van der Waals surface area contributed by atoms with Crippen LogP contribution >= 0.6 is 0 Å². The van der Waals surface area contributed by atoms with E-state index < -0.39 is 0 Å². The SMILES string of the molecule is c1cc2c(cc1N1CCNC(C3CC3)C1)OCO2. The smallest absolute Gasteiger partial charge is 0.231 e. The molecule has 0 aromatic heterocycles. The van der Waals surface area contributed by atoms with Crippen LogP contribution in [0.5, 0.6) is 11.5 Å². The minimum atomic E-state index is 0.352. The molecule has 2 heterocycles. The van der Waals surface area contributed by atoms with Gasteiger partial charge in [-0.2, -0.15) is 0 Å². The standard InChI is InChI=1S/C14H18N2O2/c1-2-10(1)12-8-16(6-5-15-12)11-3-4-13-14(7-11)18-9-17-13/h3-4,7,10,12,15H,1-2,5-6,8-9H2. The van der Waals surface area contributed by atoms with Crippen LogP contribution in [0.1, 0.15) is 12.8 Å². The van der Waals surface area contributed by atoms with Crippen molar-refractivity contribution in [3.8, 4) is 11.5 Å². The second kappa shape index (κ2) is 4.05. The summed E-state index contributed by atoms with van der Waals surface area (Å²) in [6.45, 7) is 3.62. The Labute approximate surface area is 107 Å². The van der Waals surface area contributed by atoms with E-state index in [1.807, 2.05) is 6.07 Å². The Morgan fingerprint density at radius 3 is 2.94 bits per heavy atom. The average molecular weight is 246 g/mol. The van der Waals surface area contributed by atoms with Gasteiger partial charge in [-0.1, -0.05) is 0 Å². The molecule has 4 nitrogen and oxygen atoms in total. The van der Waals surface area contributed by atoms with Gasteiger partial charge in [0.15, 0.2) is 11.5 Å². The Bertz CT molecular complexity index is 459. The van der Waals surface area contributed by atoms with E-state index in [4.69, 9.17) is 9.47 Å². The number of piperazine rings is 1. The van der Waals surface area contributed by atoms with E-state index in [1.54, 1.807) is 0 Å². The van der Waals surface area contributed by atoms with Crippen molar-refractivity contribution >= 4 is 5.69 Å². The zero-order valence-corrected chi connectivity index (χ0v) is 10.4. The number of benzene rings is 1. The van der Waals surface area contributed by atoms with E-state index in [1.165, 1.54) is 18.5 Å². The molecule has 96 valence electrons. The van der Waals surface area contributed by atoms with E-state index in [2.05, 4.69) is 22.3 Å². The third-order valence-corrected chi connectivity index (χ3v) is 4.12. The van der Waals surface area contributed by atoms with Crippen LogP contribution in [0.4, 0.5) is 5.69 Å². The van der Waals surface area contributed by atoms with Crippen molar-refractivity contribution in [2.75, 3.05) is 31.3 Å². The maximum Gasteiger partial charge on any atom is 0.231 e. The average Bonchev–Trinajstić information content (AvgIpc) is 3.17. The van der Waals surface area contributed by atoms with Gasteiger partial charge in [0, 0.05) is 37.4 Å². The molecule has 1 saturated heterocycles. The van der Waals surface area contributed by atoms with Crippen molar-refractivity contribution in [3.63, 3.8) is 0 Å². The van der Waals surface area contributed by atoms with E-state index in [0.717, 1.165) is 37.1 Å². The van der Waals surface area contributed by atoms with Crippen molar-refractivity contribution < 1.29 is 9.47 Å². The lowest BCUT2D eigenvalue weighted by atomic mass is 10.1. The minimum Gasteiger partial charge on any atom is -0.454 e. The third-order valence-electron chi connectivity index (χ3n) is 4.12. The van der Waals surface area contributed by atoms with Gasteiger partial charge in [-0.3, -0.25) is 0 Å². The third kappa shape index (κ3) is 1.81. The molecule has 1 saturated carbocycles. The Morgan fingerprint density at radius 2 is 2.06 bits per heavy atom. The lowest BCUT2D eigenvalue weighted by Gasteiger charge is -2.35. The molecular formula is C14H18N2O2. The second-order valence-electron chi connectivity index (χ2n) is 5.38. The molecule has 2 aliphatic heterocycles. The Kier molecular flexibility index (Phi) is 2.36. The van der Waals surface area contributed by atoms with Gasteiger partial charge in [-0.05, 0) is 30.9 Å². The Hall–Kier alpha value is -1.42. The summed E-state index contributed by atoms with van der Waals surface area (Å²) in [4.78, 5) is 2.46. The number of hydrogen-bond acceptors (Lipinski definition) is 4. The van der Waals surface area contributed by atoms with Gasteiger partial charge in [-0.25, -0.2) is 0 Å². The lowest BCUT2D eigenvalue weighted by molar-refractivity contribution is 0.174. The van der Waals surface area contributed by atoms with Crippen LogP contribution in [-0.2, 0) is 0 Å². The fourth-order valence-corrected chi connectivity index (χ4v) is 2.91. The minimum absolute atomic E-state index is 0.352. The predicted octanol–water partition coefficient (Wildman–Crippen LogP) is 1.60. The van der Waals surface area contributed by atoms with Crippen LogP contribution in [0.3, 0.4) is 0 Å². The number of nitrogens with one attached hydrogen (secondary N) is 1. The molecule has 1 aromatic rings.